The predicted octanol–water partition coefficient (Wildman–Crippen LogP) is 3.11. The van der Waals surface area contributed by atoms with Gasteiger partial charge in [0.2, 0.25) is 0 Å². The van der Waals surface area contributed by atoms with Crippen molar-refractivity contribution < 1.29 is 0 Å². The quantitative estimate of drug-likeness (QED) is 0.540. The number of hydrogen-bond acceptors (Lipinski definition) is 0. The van der Waals surface area contributed by atoms with Crippen LogP contribution in [0.2, 0.25) is 0 Å². The standard InChI is InChI=1S/C6H8Cl2/c1-6(2-3-6)4-5(7)8/h4H,2-3H2,1H3. The molecule has 0 radical (unpaired) electrons. The molecule has 0 spiro atoms. The largest absolute Gasteiger partial charge is 0.103 e. The van der Waals surface area contributed by atoms with Gasteiger partial charge in [-0.15, -0.1) is 0 Å². The fourth-order valence-electron chi connectivity index (χ4n) is 0.605. The first-order valence-corrected chi connectivity index (χ1v) is 3.42. The first-order chi connectivity index (χ1) is 3.62. The molecular formula is C6H8Cl2. The molecule has 46 valence electrons. The van der Waals surface area contributed by atoms with Gasteiger partial charge in [-0.05, 0) is 24.3 Å². The highest BCUT2D eigenvalue weighted by Gasteiger charge is 2.34. The summed E-state index contributed by atoms with van der Waals surface area (Å²) in [5.74, 6) is 0. The lowest BCUT2D eigenvalue weighted by atomic mass is 10.1. The van der Waals surface area contributed by atoms with E-state index in [-0.39, 0.29) is 0 Å². The molecule has 0 amide bonds. The predicted molar refractivity (Wildman–Crippen MR) is 37.1 cm³/mol. The minimum absolute atomic E-state index is 0.346. The highest BCUT2D eigenvalue weighted by Crippen LogP contribution is 2.47. The van der Waals surface area contributed by atoms with Gasteiger partial charge >= 0.3 is 0 Å². The fourth-order valence-corrected chi connectivity index (χ4v) is 1.13. The van der Waals surface area contributed by atoms with E-state index in [0.717, 1.165) is 0 Å². The highest BCUT2D eigenvalue weighted by molar-refractivity contribution is 6.55. The summed E-state index contributed by atoms with van der Waals surface area (Å²) in [6, 6.07) is 0. The van der Waals surface area contributed by atoms with Crippen molar-refractivity contribution in [3.05, 3.63) is 10.6 Å². The summed E-state index contributed by atoms with van der Waals surface area (Å²) in [6.45, 7) is 2.15. The van der Waals surface area contributed by atoms with Crippen molar-refractivity contribution in [3.8, 4) is 0 Å². The second-order valence-corrected chi connectivity index (χ2v) is 3.60. The molecule has 0 heterocycles. The van der Waals surface area contributed by atoms with Gasteiger partial charge in [-0.1, -0.05) is 30.1 Å². The van der Waals surface area contributed by atoms with Crippen LogP contribution in [-0.2, 0) is 0 Å². The minimum atomic E-state index is 0.346. The van der Waals surface area contributed by atoms with Crippen molar-refractivity contribution in [2.24, 2.45) is 5.41 Å². The van der Waals surface area contributed by atoms with E-state index in [4.69, 9.17) is 23.2 Å². The first kappa shape index (κ1) is 6.44. The van der Waals surface area contributed by atoms with Crippen LogP contribution in [0.4, 0.5) is 0 Å². The van der Waals surface area contributed by atoms with Gasteiger partial charge in [0.05, 0.1) is 0 Å². The zero-order chi connectivity index (χ0) is 6.20. The number of hydrogen-bond donors (Lipinski definition) is 0. The van der Waals surface area contributed by atoms with Crippen molar-refractivity contribution in [2.45, 2.75) is 19.8 Å². The lowest BCUT2D eigenvalue weighted by Gasteiger charge is -1.95. The molecule has 0 N–H and O–H groups in total. The normalized spacial score (nSPS) is 22.4. The molecule has 1 fully saturated rings. The number of allylic oxidation sites excluding steroid dienone is 1. The molecule has 1 rings (SSSR count). The monoisotopic (exact) mass is 150 g/mol. The molecule has 8 heavy (non-hydrogen) atoms. The average Bonchev–Trinajstić information content (AvgIpc) is 2.17. The van der Waals surface area contributed by atoms with E-state index in [1.165, 1.54) is 12.8 Å². The van der Waals surface area contributed by atoms with Gasteiger partial charge in [-0.3, -0.25) is 0 Å². The van der Waals surface area contributed by atoms with E-state index in [2.05, 4.69) is 6.92 Å². The van der Waals surface area contributed by atoms with E-state index in [1.54, 1.807) is 0 Å². The summed E-state index contributed by atoms with van der Waals surface area (Å²) >= 11 is 10.9. The fraction of sp³-hybridized carbons (Fsp3) is 0.667. The van der Waals surface area contributed by atoms with E-state index >= 15 is 0 Å². The van der Waals surface area contributed by atoms with Crippen molar-refractivity contribution >= 4 is 23.2 Å². The maximum atomic E-state index is 5.43. The molecule has 0 aromatic rings. The maximum absolute atomic E-state index is 5.43. The van der Waals surface area contributed by atoms with Crippen molar-refractivity contribution in [3.63, 3.8) is 0 Å². The Morgan fingerprint density at radius 3 is 2.12 bits per heavy atom. The van der Waals surface area contributed by atoms with Crippen molar-refractivity contribution in [1.82, 2.24) is 0 Å². The first-order valence-electron chi connectivity index (χ1n) is 2.66. The van der Waals surface area contributed by atoms with Gasteiger partial charge in [0.25, 0.3) is 0 Å². The molecule has 0 unspecified atom stereocenters. The molecule has 0 atom stereocenters. The molecule has 2 heteroatoms. The lowest BCUT2D eigenvalue weighted by molar-refractivity contribution is 0.748. The Morgan fingerprint density at radius 2 is 2.00 bits per heavy atom. The van der Waals surface area contributed by atoms with Gasteiger partial charge in [0.15, 0.2) is 0 Å². The zero-order valence-corrected chi connectivity index (χ0v) is 6.26. The zero-order valence-electron chi connectivity index (χ0n) is 4.75. The Kier molecular flexibility index (Phi) is 1.55. The van der Waals surface area contributed by atoms with Crippen LogP contribution in [0.25, 0.3) is 0 Å². The number of halogens is 2. The molecule has 0 aromatic heterocycles. The molecule has 0 bridgehead atoms. The average molecular weight is 151 g/mol. The van der Waals surface area contributed by atoms with Crippen LogP contribution in [0.3, 0.4) is 0 Å². The Bertz CT molecular complexity index is 118. The minimum Gasteiger partial charge on any atom is -0.0712 e. The Labute approximate surface area is 59.5 Å². The molecule has 0 nitrogen and oxygen atoms in total. The maximum Gasteiger partial charge on any atom is 0.103 e. The Morgan fingerprint density at radius 1 is 1.50 bits per heavy atom. The molecule has 1 saturated carbocycles. The summed E-state index contributed by atoms with van der Waals surface area (Å²) < 4.78 is 0.407. The molecule has 1 aliphatic rings. The smallest absolute Gasteiger partial charge is 0.0712 e. The summed E-state index contributed by atoms with van der Waals surface area (Å²) in [7, 11) is 0. The molecule has 0 aromatic carbocycles. The Hall–Kier alpha value is 0.320. The van der Waals surface area contributed by atoms with Gasteiger partial charge in [-0.2, -0.15) is 0 Å². The van der Waals surface area contributed by atoms with Crippen LogP contribution in [0.15, 0.2) is 10.6 Å². The van der Waals surface area contributed by atoms with E-state index in [1.807, 2.05) is 6.08 Å². The van der Waals surface area contributed by atoms with E-state index in [9.17, 15) is 0 Å². The summed E-state index contributed by atoms with van der Waals surface area (Å²) in [4.78, 5) is 0. The molecular weight excluding hydrogens is 143 g/mol. The third-order valence-electron chi connectivity index (χ3n) is 1.50. The van der Waals surface area contributed by atoms with Crippen LogP contribution in [0.1, 0.15) is 19.8 Å². The Balaban J connectivity index is 2.50. The van der Waals surface area contributed by atoms with E-state index < -0.39 is 0 Å². The van der Waals surface area contributed by atoms with Crippen molar-refractivity contribution in [2.75, 3.05) is 0 Å². The SMILES string of the molecule is CC1(C=C(Cl)Cl)CC1. The van der Waals surface area contributed by atoms with Gasteiger partial charge in [0, 0.05) is 0 Å². The van der Waals surface area contributed by atoms with Gasteiger partial charge in [-0.25, -0.2) is 0 Å². The number of rotatable bonds is 1. The third-order valence-corrected chi connectivity index (χ3v) is 1.71. The van der Waals surface area contributed by atoms with E-state index in [0.29, 0.717) is 9.91 Å². The lowest BCUT2D eigenvalue weighted by Crippen LogP contribution is -1.82. The summed E-state index contributed by atoms with van der Waals surface area (Å²) in [5, 5.41) is 0. The second-order valence-electron chi connectivity index (χ2n) is 2.59. The topological polar surface area (TPSA) is 0 Å². The third kappa shape index (κ3) is 1.68. The molecule has 1 aliphatic carbocycles. The molecule has 0 saturated heterocycles. The van der Waals surface area contributed by atoms with Crippen molar-refractivity contribution in [1.29, 1.82) is 0 Å². The van der Waals surface area contributed by atoms with Crippen LogP contribution in [0.5, 0.6) is 0 Å². The second kappa shape index (κ2) is 1.93. The van der Waals surface area contributed by atoms with Crippen LogP contribution in [0, 0.1) is 5.41 Å². The van der Waals surface area contributed by atoms with Crippen LogP contribution >= 0.6 is 23.2 Å². The molecule has 0 aliphatic heterocycles. The van der Waals surface area contributed by atoms with Gasteiger partial charge < -0.3 is 0 Å². The highest BCUT2D eigenvalue weighted by atomic mass is 35.5. The van der Waals surface area contributed by atoms with Crippen LogP contribution < -0.4 is 0 Å². The van der Waals surface area contributed by atoms with Gasteiger partial charge in [0.1, 0.15) is 4.49 Å². The van der Waals surface area contributed by atoms with Crippen LogP contribution in [-0.4, -0.2) is 0 Å². The summed E-state index contributed by atoms with van der Waals surface area (Å²) in [6.07, 6.45) is 4.38. The summed E-state index contributed by atoms with van der Waals surface area (Å²) in [5.41, 5.74) is 0.346.